The van der Waals surface area contributed by atoms with Crippen LogP contribution in [0.5, 0.6) is 11.5 Å². The van der Waals surface area contributed by atoms with Gasteiger partial charge < -0.3 is 9.47 Å². The van der Waals surface area contributed by atoms with Crippen LogP contribution in [-0.2, 0) is 13.0 Å². The number of fused-ring (bicyclic) bond motifs is 1. The quantitative estimate of drug-likeness (QED) is 0.172. The smallest absolute Gasteiger partial charge is 0.282 e. The number of halogens is 2. The van der Waals surface area contributed by atoms with Crippen molar-refractivity contribution in [2.24, 2.45) is 5.10 Å². The third-order valence-corrected chi connectivity index (χ3v) is 6.44. The first-order chi connectivity index (χ1) is 16.5. The molecule has 6 nitrogen and oxygen atoms in total. The molecule has 0 atom stereocenters. The van der Waals surface area contributed by atoms with Gasteiger partial charge in [0.1, 0.15) is 12.4 Å². The summed E-state index contributed by atoms with van der Waals surface area (Å²) in [4.78, 5) is 17.9. The van der Waals surface area contributed by atoms with Gasteiger partial charge in [-0.3, -0.25) is 4.79 Å². The lowest BCUT2D eigenvalue weighted by atomic mass is 10.2. The zero-order valence-corrected chi connectivity index (χ0v) is 22.5. The van der Waals surface area contributed by atoms with Gasteiger partial charge in [0, 0.05) is 10.9 Å². The van der Waals surface area contributed by atoms with Crippen LogP contribution in [0.1, 0.15) is 30.3 Å². The normalized spacial score (nSPS) is 11.3. The number of nitrogens with zero attached hydrogens (tertiary/aromatic N) is 3. The standard InChI is InChI=1S/C26H23BrIN3O3/c1-3-7-24-30-22-11-10-19(27)14-20(22)26(32)31(24)29-15-18-12-21(28)25(23(13-18)33-2)34-16-17-8-5-4-6-9-17/h4-6,8-15H,3,7,16H2,1-2H3. The molecule has 0 spiro atoms. The second kappa shape index (κ2) is 11.1. The molecule has 0 amide bonds. The van der Waals surface area contributed by atoms with Gasteiger partial charge in [0.2, 0.25) is 0 Å². The maximum absolute atomic E-state index is 13.2. The van der Waals surface area contributed by atoms with E-state index in [9.17, 15) is 4.79 Å². The number of hydrogen-bond acceptors (Lipinski definition) is 5. The monoisotopic (exact) mass is 631 g/mol. The van der Waals surface area contributed by atoms with E-state index in [-0.39, 0.29) is 5.56 Å². The Hall–Kier alpha value is -2.72. The Balaban J connectivity index is 1.68. The van der Waals surface area contributed by atoms with E-state index < -0.39 is 0 Å². The molecule has 0 saturated heterocycles. The second-order valence-corrected chi connectivity index (χ2v) is 9.69. The predicted molar refractivity (Wildman–Crippen MR) is 147 cm³/mol. The van der Waals surface area contributed by atoms with Crippen LogP contribution < -0.4 is 15.0 Å². The van der Waals surface area contributed by atoms with Gasteiger partial charge in [-0.05, 0) is 70.5 Å². The number of benzene rings is 3. The molecule has 0 fully saturated rings. The maximum Gasteiger partial charge on any atom is 0.282 e. The van der Waals surface area contributed by atoms with Crippen molar-refractivity contribution in [2.75, 3.05) is 7.11 Å². The zero-order chi connectivity index (χ0) is 24.1. The van der Waals surface area contributed by atoms with Crippen LogP contribution in [0.25, 0.3) is 10.9 Å². The third-order valence-electron chi connectivity index (χ3n) is 5.15. The zero-order valence-electron chi connectivity index (χ0n) is 18.8. The topological polar surface area (TPSA) is 65.7 Å². The van der Waals surface area contributed by atoms with Gasteiger partial charge in [-0.25, -0.2) is 4.98 Å². The summed E-state index contributed by atoms with van der Waals surface area (Å²) in [7, 11) is 1.61. The van der Waals surface area contributed by atoms with E-state index in [0.717, 1.165) is 25.6 Å². The molecule has 8 heteroatoms. The summed E-state index contributed by atoms with van der Waals surface area (Å²) < 4.78 is 14.7. The Morgan fingerprint density at radius 2 is 1.94 bits per heavy atom. The molecule has 0 unspecified atom stereocenters. The van der Waals surface area contributed by atoms with E-state index >= 15 is 0 Å². The summed E-state index contributed by atoms with van der Waals surface area (Å²) >= 11 is 5.65. The Morgan fingerprint density at radius 1 is 1.15 bits per heavy atom. The fourth-order valence-corrected chi connectivity index (χ4v) is 4.65. The molecule has 0 aliphatic carbocycles. The van der Waals surface area contributed by atoms with Crippen LogP contribution in [0.15, 0.2) is 75.0 Å². The predicted octanol–water partition coefficient (Wildman–Crippen LogP) is 6.19. The molecule has 0 aliphatic rings. The van der Waals surface area contributed by atoms with Crippen molar-refractivity contribution in [1.82, 2.24) is 9.66 Å². The van der Waals surface area contributed by atoms with E-state index in [0.29, 0.717) is 41.3 Å². The molecule has 0 N–H and O–H groups in total. The van der Waals surface area contributed by atoms with Gasteiger partial charge in [-0.1, -0.05) is 53.2 Å². The summed E-state index contributed by atoms with van der Waals surface area (Å²) in [5.74, 6) is 1.90. The molecule has 34 heavy (non-hydrogen) atoms. The van der Waals surface area contributed by atoms with Crippen molar-refractivity contribution in [3.63, 3.8) is 0 Å². The molecule has 174 valence electrons. The summed E-state index contributed by atoms with van der Waals surface area (Å²) in [6.45, 7) is 2.49. The average Bonchev–Trinajstić information content (AvgIpc) is 2.84. The average molecular weight is 632 g/mol. The number of aryl methyl sites for hydroxylation is 1. The van der Waals surface area contributed by atoms with E-state index in [1.165, 1.54) is 4.68 Å². The van der Waals surface area contributed by atoms with Crippen LogP contribution in [-0.4, -0.2) is 23.0 Å². The van der Waals surface area contributed by atoms with E-state index in [1.54, 1.807) is 19.4 Å². The van der Waals surface area contributed by atoms with Crippen LogP contribution in [0, 0.1) is 3.57 Å². The van der Waals surface area contributed by atoms with Crippen LogP contribution >= 0.6 is 38.5 Å². The number of rotatable bonds is 8. The minimum atomic E-state index is -0.199. The van der Waals surface area contributed by atoms with Gasteiger partial charge in [0.25, 0.3) is 5.56 Å². The fourth-order valence-electron chi connectivity index (χ4n) is 3.51. The largest absolute Gasteiger partial charge is 0.493 e. The summed E-state index contributed by atoms with van der Waals surface area (Å²) in [5.41, 5.74) is 2.33. The molecule has 0 radical (unpaired) electrons. The first-order valence-corrected chi connectivity index (χ1v) is 12.7. The van der Waals surface area contributed by atoms with Crippen molar-refractivity contribution in [3.05, 3.63) is 96.0 Å². The Morgan fingerprint density at radius 3 is 2.68 bits per heavy atom. The van der Waals surface area contributed by atoms with Gasteiger partial charge in [-0.15, -0.1) is 0 Å². The second-order valence-electron chi connectivity index (χ2n) is 7.61. The molecule has 3 aromatic carbocycles. The lowest BCUT2D eigenvalue weighted by Gasteiger charge is -2.14. The molecular formula is C26H23BrIN3O3. The fraction of sp³-hybridized carbons (Fsp3) is 0.192. The first-order valence-electron chi connectivity index (χ1n) is 10.8. The van der Waals surface area contributed by atoms with Gasteiger partial charge in [-0.2, -0.15) is 9.78 Å². The van der Waals surface area contributed by atoms with Crippen molar-refractivity contribution < 1.29 is 9.47 Å². The minimum Gasteiger partial charge on any atom is -0.493 e. The van der Waals surface area contributed by atoms with Crippen LogP contribution in [0.2, 0.25) is 0 Å². The van der Waals surface area contributed by atoms with E-state index in [1.807, 2.05) is 61.5 Å². The van der Waals surface area contributed by atoms with Crippen molar-refractivity contribution in [2.45, 2.75) is 26.4 Å². The molecule has 0 saturated carbocycles. The highest BCUT2D eigenvalue weighted by molar-refractivity contribution is 14.1. The molecular weight excluding hydrogens is 609 g/mol. The third kappa shape index (κ3) is 5.50. The summed E-state index contributed by atoms with van der Waals surface area (Å²) in [6.07, 6.45) is 3.15. The Bertz CT molecular complexity index is 1400. The van der Waals surface area contributed by atoms with Crippen molar-refractivity contribution in [3.8, 4) is 11.5 Å². The highest BCUT2D eigenvalue weighted by atomic mass is 127. The van der Waals surface area contributed by atoms with E-state index in [4.69, 9.17) is 9.47 Å². The summed E-state index contributed by atoms with van der Waals surface area (Å²) in [6, 6.07) is 19.3. The first kappa shape index (κ1) is 24.4. The van der Waals surface area contributed by atoms with Crippen LogP contribution in [0.4, 0.5) is 0 Å². The SMILES string of the molecule is CCCc1nc2ccc(Br)cc2c(=O)n1N=Cc1cc(I)c(OCc2ccccc2)c(OC)c1. The lowest BCUT2D eigenvalue weighted by Crippen LogP contribution is -2.22. The maximum atomic E-state index is 13.2. The highest BCUT2D eigenvalue weighted by Crippen LogP contribution is 2.34. The molecule has 4 rings (SSSR count). The molecule has 0 bridgehead atoms. The van der Waals surface area contributed by atoms with Crippen LogP contribution in [0.3, 0.4) is 0 Å². The minimum absolute atomic E-state index is 0.199. The molecule has 1 heterocycles. The number of hydrogen-bond donors (Lipinski definition) is 0. The van der Waals surface area contributed by atoms with Crippen molar-refractivity contribution in [1.29, 1.82) is 0 Å². The van der Waals surface area contributed by atoms with Gasteiger partial charge in [0.05, 0.1) is 27.8 Å². The lowest BCUT2D eigenvalue weighted by molar-refractivity contribution is 0.282. The molecule has 0 aliphatic heterocycles. The van der Waals surface area contributed by atoms with Gasteiger partial charge in [0.15, 0.2) is 11.5 Å². The van der Waals surface area contributed by atoms with Gasteiger partial charge >= 0.3 is 0 Å². The van der Waals surface area contributed by atoms with Crippen molar-refractivity contribution >= 4 is 55.6 Å². The number of aromatic nitrogens is 2. The highest BCUT2D eigenvalue weighted by Gasteiger charge is 2.13. The van der Waals surface area contributed by atoms with E-state index in [2.05, 4.69) is 48.6 Å². The Kier molecular flexibility index (Phi) is 7.99. The number of ether oxygens (including phenoxy) is 2. The Labute approximate surface area is 219 Å². The summed E-state index contributed by atoms with van der Waals surface area (Å²) in [5, 5.41) is 5.03. The number of methoxy groups -OCH3 is 1. The molecule has 1 aromatic heterocycles. The molecule has 4 aromatic rings.